The molecule has 15 heavy (non-hydrogen) atoms. The summed E-state index contributed by atoms with van der Waals surface area (Å²) >= 11 is 0. The molecule has 0 radical (unpaired) electrons. The van der Waals surface area contributed by atoms with Crippen LogP contribution < -0.4 is 11.5 Å². The summed E-state index contributed by atoms with van der Waals surface area (Å²) < 4.78 is 0. The van der Waals surface area contributed by atoms with Crippen molar-refractivity contribution >= 4 is 41.7 Å². The van der Waals surface area contributed by atoms with Crippen LogP contribution >= 0.6 is 0 Å². The third-order valence-corrected chi connectivity index (χ3v) is 1.29. The molecule has 0 aliphatic heterocycles. The number of nitrogens with two attached hydrogens (primary N) is 2. The molecular formula is C7H17N2NaO5. The van der Waals surface area contributed by atoms with E-state index < -0.39 is 18.2 Å². The number of unbranched alkanes of at least 4 members (excludes halogenated alkanes) is 1. The zero-order valence-corrected chi connectivity index (χ0v) is 7.72. The topological polar surface area (TPSA) is 147 Å². The number of carboxylic acids is 1. The third-order valence-electron chi connectivity index (χ3n) is 1.29. The van der Waals surface area contributed by atoms with Gasteiger partial charge in [0, 0.05) is 0 Å². The molecule has 0 aliphatic carbocycles. The molecule has 0 saturated carbocycles. The van der Waals surface area contributed by atoms with Gasteiger partial charge in [-0.3, -0.25) is 4.79 Å². The maximum absolute atomic E-state index is 10.1. The molecule has 1 atom stereocenters. The van der Waals surface area contributed by atoms with Crippen LogP contribution in [0, 0.1) is 0 Å². The van der Waals surface area contributed by atoms with Gasteiger partial charge in [-0.25, -0.2) is 4.79 Å². The van der Waals surface area contributed by atoms with Crippen molar-refractivity contribution in [2.24, 2.45) is 11.5 Å². The molecule has 8 heteroatoms. The van der Waals surface area contributed by atoms with E-state index in [0.29, 0.717) is 13.0 Å². The van der Waals surface area contributed by atoms with Crippen LogP contribution in [-0.2, 0) is 4.79 Å². The van der Waals surface area contributed by atoms with Crippen LogP contribution in [0.4, 0.5) is 4.79 Å². The van der Waals surface area contributed by atoms with Crippen molar-refractivity contribution in [3.05, 3.63) is 0 Å². The summed E-state index contributed by atoms with van der Waals surface area (Å²) in [7, 11) is 0. The SMILES string of the molecule is NCCCCC(N)C(=O)O.O=C(O)O.[NaH]. The number of rotatable bonds is 5. The van der Waals surface area contributed by atoms with Gasteiger partial charge >= 0.3 is 41.7 Å². The van der Waals surface area contributed by atoms with Crippen molar-refractivity contribution < 1.29 is 24.9 Å². The van der Waals surface area contributed by atoms with Crippen LogP contribution in [0.2, 0.25) is 0 Å². The van der Waals surface area contributed by atoms with E-state index in [1.165, 1.54) is 0 Å². The minimum atomic E-state index is -1.83. The Morgan fingerprint density at radius 3 is 1.80 bits per heavy atom. The molecule has 0 aliphatic rings. The van der Waals surface area contributed by atoms with E-state index in [1.54, 1.807) is 0 Å². The van der Waals surface area contributed by atoms with Crippen molar-refractivity contribution in [3.8, 4) is 0 Å². The van der Waals surface area contributed by atoms with Crippen LogP contribution in [0.3, 0.4) is 0 Å². The van der Waals surface area contributed by atoms with E-state index in [0.717, 1.165) is 12.8 Å². The average molecular weight is 232 g/mol. The first-order valence-corrected chi connectivity index (χ1v) is 4.02. The summed E-state index contributed by atoms with van der Waals surface area (Å²) in [5.41, 5.74) is 10.4. The van der Waals surface area contributed by atoms with Gasteiger partial charge in [-0.05, 0) is 19.4 Å². The molecule has 0 amide bonds. The monoisotopic (exact) mass is 232 g/mol. The Bertz CT molecular complexity index is 175. The quantitative estimate of drug-likeness (QED) is 0.305. The van der Waals surface area contributed by atoms with E-state index in [9.17, 15) is 4.79 Å². The molecule has 0 aromatic rings. The Morgan fingerprint density at radius 1 is 1.13 bits per heavy atom. The van der Waals surface area contributed by atoms with Gasteiger partial charge < -0.3 is 26.8 Å². The Labute approximate surface area is 110 Å². The van der Waals surface area contributed by atoms with Crippen molar-refractivity contribution in [3.63, 3.8) is 0 Å². The van der Waals surface area contributed by atoms with Crippen molar-refractivity contribution in [2.45, 2.75) is 25.3 Å². The van der Waals surface area contributed by atoms with E-state index in [2.05, 4.69) is 0 Å². The molecule has 0 rings (SSSR count). The molecule has 0 spiro atoms. The molecule has 0 fully saturated rings. The molecule has 0 saturated heterocycles. The van der Waals surface area contributed by atoms with Crippen LogP contribution in [-0.4, -0.2) is 69.6 Å². The van der Waals surface area contributed by atoms with Gasteiger partial charge in [-0.2, -0.15) is 0 Å². The molecule has 86 valence electrons. The Morgan fingerprint density at radius 2 is 1.53 bits per heavy atom. The molecule has 0 aromatic heterocycles. The average Bonchev–Trinajstić information content (AvgIpc) is 2.03. The number of hydrogen-bond acceptors (Lipinski definition) is 4. The summed E-state index contributed by atoms with van der Waals surface area (Å²) in [6.07, 6.45) is 0.331. The van der Waals surface area contributed by atoms with Crippen molar-refractivity contribution in [2.75, 3.05) is 6.54 Å². The number of carboxylic acid groups (broad SMARTS) is 3. The molecule has 7 nitrogen and oxygen atoms in total. The van der Waals surface area contributed by atoms with Gasteiger partial charge in [0.2, 0.25) is 0 Å². The fourth-order valence-electron chi connectivity index (χ4n) is 0.632. The Balaban J connectivity index is -0.000000249. The summed E-state index contributed by atoms with van der Waals surface area (Å²) in [6, 6.07) is -0.716. The van der Waals surface area contributed by atoms with Crippen LogP contribution in [0.15, 0.2) is 0 Å². The first kappa shape index (κ1) is 20.1. The van der Waals surface area contributed by atoms with Crippen LogP contribution in [0.5, 0.6) is 0 Å². The van der Waals surface area contributed by atoms with Gasteiger partial charge in [0.25, 0.3) is 0 Å². The molecule has 1 unspecified atom stereocenters. The second-order valence-electron chi connectivity index (χ2n) is 2.51. The summed E-state index contributed by atoms with van der Waals surface area (Å²) in [4.78, 5) is 18.7. The van der Waals surface area contributed by atoms with Gasteiger partial charge in [0.1, 0.15) is 6.04 Å². The summed E-state index contributed by atoms with van der Waals surface area (Å²) in [6.45, 7) is 0.604. The number of aliphatic carboxylic acids is 1. The number of carbonyl (C=O) groups is 2. The van der Waals surface area contributed by atoms with E-state index in [1.807, 2.05) is 0 Å². The zero-order chi connectivity index (χ0) is 11.6. The fraction of sp³-hybridized carbons (Fsp3) is 0.714. The zero-order valence-electron chi connectivity index (χ0n) is 7.72. The molecule has 0 bridgehead atoms. The molecule has 0 aromatic carbocycles. The maximum atomic E-state index is 10.1. The Hall–Kier alpha value is -0.340. The molecule has 7 N–H and O–H groups in total. The van der Waals surface area contributed by atoms with E-state index in [4.69, 9.17) is 31.6 Å². The molecule has 0 heterocycles. The predicted molar refractivity (Wildman–Crippen MR) is 56.3 cm³/mol. The normalized spacial score (nSPS) is 10.3. The van der Waals surface area contributed by atoms with Gasteiger partial charge in [0.15, 0.2) is 0 Å². The summed E-state index contributed by atoms with van der Waals surface area (Å²) in [5.74, 6) is -0.933. The summed E-state index contributed by atoms with van der Waals surface area (Å²) in [5, 5.41) is 22.3. The number of hydrogen-bond donors (Lipinski definition) is 5. The predicted octanol–water partition coefficient (Wildman–Crippen LogP) is -0.899. The van der Waals surface area contributed by atoms with Crippen LogP contribution in [0.1, 0.15) is 19.3 Å². The minimum absolute atomic E-state index is 0. The van der Waals surface area contributed by atoms with Crippen LogP contribution in [0.25, 0.3) is 0 Å². The van der Waals surface area contributed by atoms with Crippen molar-refractivity contribution in [1.29, 1.82) is 0 Å². The Kier molecular flexibility index (Phi) is 18.3. The second kappa shape index (κ2) is 13.7. The van der Waals surface area contributed by atoms with Gasteiger partial charge in [0.05, 0.1) is 0 Å². The standard InChI is InChI=1S/C6H14N2O2.CH2O3.Na.H/c7-4-2-1-3-5(8)6(9)10;2-1(3)4;;/h5H,1-4,7-8H2,(H,9,10);(H2,2,3,4);;. The first-order chi connectivity index (χ1) is 6.41. The second-order valence-corrected chi connectivity index (χ2v) is 2.51. The van der Waals surface area contributed by atoms with E-state index in [-0.39, 0.29) is 29.6 Å². The van der Waals surface area contributed by atoms with E-state index >= 15 is 0 Å². The fourth-order valence-corrected chi connectivity index (χ4v) is 0.632. The van der Waals surface area contributed by atoms with Gasteiger partial charge in [-0.15, -0.1) is 0 Å². The van der Waals surface area contributed by atoms with Gasteiger partial charge in [-0.1, -0.05) is 6.42 Å². The third kappa shape index (κ3) is 24.8. The first-order valence-electron chi connectivity index (χ1n) is 4.02. The molecular weight excluding hydrogens is 215 g/mol. The van der Waals surface area contributed by atoms with Crippen molar-refractivity contribution in [1.82, 2.24) is 0 Å².